The lowest BCUT2D eigenvalue weighted by atomic mass is 9.68. The average molecular weight is 1790 g/mol. The molecule has 5 heteroatoms. The van der Waals surface area contributed by atoms with Crippen molar-refractivity contribution in [2.75, 3.05) is 0 Å². The van der Waals surface area contributed by atoms with Gasteiger partial charge >= 0.3 is 0 Å². The Morgan fingerprint density at radius 2 is 0.421 bits per heavy atom. The zero-order chi connectivity index (χ0) is 92.9. The summed E-state index contributed by atoms with van der Waals surface area (Å²) in [6.07, 6.45) is 0. The first-order valence-corrected chi connectivity index (χ1v) is 49.2. The van der Waals surface area contributed by atoms with Gasteiger partial charge in [0.15, 0.2) is 0 Å². The SMILES string of the molecule is CC1(C)c2ccccc2-c2c3c1cccc3cc1c2c2cc3ccccc3cc2n1-c1ccc(-n2c3ccccc3c3ccccc32)cc1.CC1(C)c2ccccc2-c2c3c1cccc3cc1c2c2cc3ccccc3cc2n1-c1ccc2c(c1)c1ccccc1n2-c1ccccc1.CC1(C)c2ccccc2-c2c3c1cccc3cc1c2c2cc3ccccc3cc2n1-c1ccccc1-c1ccccc1. The Balaban J connectivity index is 0.000000101. The van der Waals surface area contributed by atoms with Crippen molar-refractivity contribution < 1.29 is 0 Å². The lowest BCUT2D eigenvalue weighted by molar-refractivity contribution is 0.645. The van der Waals surface area contributed by atoms with E-state index >= 15 is 0 Å². The fourth-order valence-corrected chi connectivity index (χ4v) is 25.7. The van der Waals surface area contributed by atoms with Crippen LogP contribution in [0.15, 0.2) is 455 Å². The molecule has 0 N–H and O–H groups in total. The van der Waals surface area contributed by atoms with Gasteiger partial charge in [-0.3, -0.25) is 0 Å². The molecular formula is C135H93N5. The van der Waals surface area contributed by atoms with Crippen LogP contribution in [0, 0.1) is 0 Å². The third-order valence-corrected chi connectivity index (χ3v) is 32.0. The minimum absolute atomic E-state index is 0.0816. The van der Waals surface area contributed by atoms with E-state index in [9.17, 15) is 0 Å². The van der Waals surface area contributed by atoms with E-state index in [4.69, 9.17) is 0 Å². The largest absolute Gasteiger partial charge is 0.309 e. The van der Waals surface area contributed by atoms with E-state index in [1.165, 1.54) is 269 Å². The smallest absolute Gasteiger partial charge is 0.0554 e. The third kappa shape index (κ3) is 11.4. The number of aromatic nitrogens is 5. The summed E-state index contributed by atoms with van der Waals surface area (Å²) >= 11 is 0. The lowest BCUT2D eigenvalue weighted by Gasteiger charge is -2.35. The van der Waals surface area contributed by atoms with Gasteiger partial charge in [-0.05, 0) is 254 Å². The molecule has 5 heterocycles. The molecule has 0 spiro atoms. The second-order valence-electron chi connectivity index (χ2n) is 40.5. The van der Waals surface area contributed by atoms with Crippen LogP contribution in [0.2, 0.25) is 0 Å². The van der Waals surface area contributed by atoms with Gasteiger partial charge < -0.3 is 22.8 Å². The van der Waals surface area contributed by atoms with Crippen LogP contribution in [-0.4, -0.2) is 22.8 Å². The number of benzene rings is 23. The van der Waals surface area contributed by atoms with Gasteiger partial charge in [0.1, 0.15) is 0 Å². The summed E-state index contributed by atoms with van der Waals surface area (Å²) in [5, 5.41) is 28.5. The summed E-state index contributed by atoms with van der Waals surface area (Å²) < 4.78 is 12.3. The summed E-state index contributed by atoms with van der Waals surface area (Å²) in [7, 11) is 0. The van der Waals surface area contributed by atoms with E-state index in [1.54, 1.807) is 0 Å². The molecule has 0 radical (unpaired) electrons. The number of fused-ring (bicyclic) bond motifs is 27. The average Bonchev–Trinajstić information content (AvgIpc) is 1.46. The van der Waals surface area contributed by atoms with E-state index in [1.807, 2.05) is 0 Å². The first-order chi connectivity index (χ1) is 68.8. The molecule has 0 aliphatic heterocycles. The Bertz CT molecular complexity index is 10200. The monoisotopic (exact) mass is 1780 g/mol. The summed E-state index contributed by atoms with van der Waals surface area (Å²) in [4.78, 5) is 0. The van der Waals surface area contributed by atoms with E-state index in [0.29, 0.717) is 0 Å². The summed E-state index contributed by atoms with van der Waals surface area (Å²) in [5.41, 5.74) is 36.9. The fourth-order valence-electron chi connectivity index (χ4n) is 25.7. The van der Waals surface area contributed by atoms with Crippen molar-refractivity contribution in [2.24, 2.45) is 0 Å². The van der Waals surface area contributed by atoms with Gasteiger partial charge in [-0.2, -0.15) is 0 Å². The fraction of sp³-hybridized carbons (Fsp3) is 0.0667. The molecule has 5 aromatic heterocycles. The second-order valence-corrected chi connectivity index (χ2v) is 40.5. The Kier molecular flexibility index (Phi) is 17.0. The first-order valence-electron chi connectivity index (χ1n) is 49.2. The number of nitrogens with zero attached hydrogens (tertiary/aromatic N) is 5. The van der Waals surface area contributed by atoms with E-state index in [-0.39, 0.29) is 16.2 Å². The van der Waals surface area contributed by atoms with Crippen molar-refractivity contribution in [3.8, 4) is 72.9 Å². The molecule has 0 fully saturated rings. The van der Waals surface area contributed by atoms with Gasteiger partial charge in [0.25, 0.3) is 0 Å². The normalized spacial score (nSPS) is 13.7. The molecule has 0 unspecified atom stereocenters. The van der Waals surface area contributed by atoms with E-state index < -0.39 is 0 Å². The predicted octanol–water partition coefficient (Wildman–Crippen LogP) is 36.1. The molecule has 3 aliphatic carbocycles. The topological polar surface area (TPSA) is 24.6 Å². The van der Waals surface area contributed by atoms with Crippen LogP contribution in [0.1, 0.15) is 74.9 Å². The number of rotatable bonds is 6. The first kappa shape index (κ1) is 79.9. The van der Waals surface area contributed by atoms with E-state index in [0.717, 1.165) is 11.4 Å². The van der Waals surface area contributed by atoms with Crippen molar-refractivity contribution in [3.05, 3.63) is 488 Å². The predicted molar refractivity (Wildman–Crippen MR) is 594 cm³/mol. The molecular weight excluding hydrogens is 1690 g/mol. The van der Waals surface area contributed by atoms with Crippen LogP contribution < -0.4 is 0 Å². The molecule has 5 nitrogen and oxygen atoms in total. The molecule has 31 rings (SSSR count). The molecule has 28 aromatic rings. The summed E-state index contributed by atoms with van der Waals surface area (Å²) in [5.74, 6) is 0. The van der Waals surface area contributed by atoms with Crippen LogP contribution >= 0.6 is 0 Å². The number of hydrogen-bond donors (Lipinski definition) is 0. The van der Waals surface area contributed by atoms with Gasteiger partial charge in [0.05, 0.1) is 60.9 Å². The number of para-hydroxylation sites is 5. The molecule has 0 saturated heterocycles. The molecule has 0 bridgehead atoms. The summed E-state index contributed by atoms with van der Waals surface area (Å²) in [6.45, 7) is 14.3. The Labute approximate surface area is 809 Å². The van der Waals surface area contributed by atoms with Gasteiger partial charge in [0.2, 0.25) is 0 Å². The van der Waals surface area contributed by atoms with Crippen LogP contribution in [0.4, 0.5) is 0 Å². The van der Waals surface area contributed by atoms with Gasteiger partial charge in [-0.1, -0.05) is 363 Å². The third-order valence-electron chi connectivity index (χ3n) is 32.0. The van der Waals surface area contributed by atoms with Crippen LogP contribution in [0.5, 0.6) is 0 Å². The maximum absolute atomic E-state index is 2.52. The van der Waals surface area contributed by atoms with Crippen molar-refractivity contribution >= 4 is 174 Å². The van der Waals surface area contributed by atoms with Gasteiger partial charge in [-0.15, -0.1) is 0 Å². The molecule has 140 heavy (non-hydrogen) atoms. The zero-order valence-corrected chi connectivity index (χ0v) is 78.5. The standard InChI is InChI=1S/2C47H32N2.C41H29N/c1-47(2)38-18-8-5-17-36(38)46-44-31(14-11-19-39(44)47)28-43-45(46)37-26-29-12-3-4-13-30(29)27-42(37)49(43)33-24-22-32(23-25-33)48-40-20-9-6-15-34(40)35-16-7-10-21-41(35)48;1-47(2)38-20-10-8-19-35(38)46-44-31(15-12-21-39(44)47)27-43-45(46)37-25-29-13-6-7-14-30(29)26-42(37)49(43)33-23-24-41-36(28-33)34-18-9-11-22-40(34)48(41)32-16-4-3-5-17-32;1-41(2)33-20-10-8-19-31(33)40-38-29(17-12-21-34(38)41)25-37-39(40)32-23-27-15-6-7-16-28(27)24-36(32)42(37)35-22-11-9-18-30(35)26-13-4-3-5-14-26/h2*3-28H,1-2H3;3-25H,1-2H3. The highest BCUT2D eigenvalue weighted by atomic mass is 15.0. The minimum Gasteiger partial charge on any atom is -0.309 e. The van der Waals surface area contributed by atoms with Crippen molar-refractivity contribution in [1.82, 2.24) is 22.8 Å². The molecule has 23 aromatic carbocycles. The van der Waals surface area contributed by atoms with Crippen LogP contribution in [-0.2, 0) is 16.2 Å². The van der Waals surface area contributed by atoms with Gasteiger partial charge in [-0.25, -0.2) is 0 Å². The van der Waals surface area contributed by atoms with Crippen LogP contribution in [0.3, 0.4) is 0 Å². The highest BCUT2D eigenvalue weighted by Gasteiger charge is 2.40. The molecule has 3 aliphatic rings. The Morgan fingerprint density at radius 3 is 0.836 bits per heavy atom. The highest BCUT2D eigenvalue weighted by molar-refractivity contribution is 6.30. The maximum Gasteiger partial charge on any atom is 0.0554 e. The molecule has 0 amide bonds. The van der Waals surface area contributed by atoms with E-state index in [2.05, 4.69) is 519 Å². The van der Waals surface area contributed by atoms with Crippen molar-refractivity contribution in [2.45, 2.75) is 57.8 Å². The Morgan fingerprint density at radius 1 is 0.150 bits per heavy atom. The minimum atomic E-state index is -0.0974. The number of hydrogen-bond acceptors (Lipinski definition) is 0. The lowest BCUT2D eigenvalue weighted by Crippen LogP contribution is -2.23. The van der Waals surface area contributed by atoms with Gasteiger partial charge in [0, 0.05) is 115 Å². The van der Waals surface area contributed by atoms with Crippen molar-refractivity contribution in [1.29, 1.82) is 0 Å². The molecule has 0 atom stereocenters. The van der Waals surface area contributed by atoms with Crippen molar-refractivity contribution in [3.63, 3.8) is 0 Å². The Hall–Kier alpha value is -17.4. The zero-order valence-electron chi connectivity index (χ0n) is 78.5. The molecule has 658 valence electrons. The molecule has 0 saturated carbocycles. The summed E-state index contributed by atoms with van der Waals surface area (Å²) in [6, 6.07) is 169. The highest BCUT2D eigenvalue weighted by Crippen LogP contribution is 2.59. The quantitative estimate of drug-likeness (QED) is 0.159. The second kappa shape index (κ2) is 29.8. The van der Waals surface area contributed by atoms with Crippen LogP contribution in [0.25, 0.3) is 247 Å². The maximum atomic E-state index is 2.52.